The average Bonchev–Trinajstić information content (AvgIpc) is 2.94. The van der Waals surface area contributed by atoms with Crippen molar-refractivity contribution in [3.63, 3.8) is 0 Å². The first-order chi connectivity index (χ1) is 9.33. The molecule has 0 spiro atoms. The number of ether oxygens (including phenoxy) is 1. The first-order valence-corrected chi connectivity index (χ1v) is 6.96. The molecule has 2 aromatic carbocycles. The third kappa shape index (κ3) is 2.11. The Morgan fingerprint density at radius 3 is 2.79 bits per heavy atom. The lowest BCUT2D eigenvalue weighted by Gasteiger charge is -2.11. The smallest absolute Gasteiger partial charge is 0.126 e. The van der Waals surface area contributed by atoms with Gasteiger partial charge in [-0.05, 0) is 40.8 Å². The molecule has 3 aromatic rings. The third-order valence-corrected chi connectivity index (χ3v) is 4.11. The van der Waals surface area contributed by atoms with Gasteiger partial charge in [-0.1, -0.05) is 18.2 Å². The van der Waals surface area contributed by atoms with Crippen LogP contribution in [-0.4, -0.2) is 12.2 Å². The second-order valence-corrected chi connectivity index (χ2v) is 5.28. The van der Waals surface area contributed by atoms with Gasteiger partial charge in [0.1, 0.15) is 5.75 Å². The minimum absolute atomic E-state index is 0.0383. The SMILES string of the molecule is COc1ccc(CO)cc1-c1cccc2sccc12. The van der Waals surface area contributed by atoms with Crippen molar-refractivity contribution < 1.29 is 9.84 Å². The number of aliphatic hydroxyl groups excluding tert-OH is 1. The molecule has 0 aliphatic rings. The highest BCUT2D eigenvalue weighted by molar-refractivity contribution is 7.17. The van der Waals surface area contributed by atoms with E-state index in [2.05, 4.69) is 29.6 Å². The average molecular weight is 270 g/mol. The number of fused-ring (bicyclic) bond motifs is 1. The van der Waals surface area contributed by atoms with Gasteiger partial charge in [0.2, 0.25) is 0 Å². The Labute approximate surface area is 115 Å². The van der Waals surface area contributed by atoms with Gasteiger partial charge in [0.05, 0.1) is 13.7 Å². The summed E-state index contributed by atoms with van der Waals surface area (Å²) in [4.78, 5) is 0. The first-order valence-electron chi connectivity index (χ1n) is 6.08. The Morgan fingerprint density at radius 2 is 2.00 bits per heavy atom. The van der Waals surface area contributed by atoms with Crippen LogP contribution in [0.5, 0.6) is 5.75 Å². The second-order valence-electron chi connectivity index (χ2n) is 4.33. The number of hydrogen-bond donors (Lipinski definition) is 1. The molecular formula is C16H14O2S. The maximum absolute atomic E-state index is 9.31. The van der Waals surface area contributed by atoms with E-state index >= 15 is 0 Å². The van der Waals surface area contributed by atoms with Crippen molar-refractivity contribution in [3.8, 4) is 16.9 Å². The highest BCUT2D eigenvalue weighted by Gasteiger charge is 2.10. The van der Waals surface area contributed by atoms with Crippen molar-refractivity contribution in [2.75, 3.05) is 7.11 Å². The van der Waals surface area contributed by atoms with Crippen LogP contribution in [0.4, 0.5) is 0 Å². The van der Waals surface area contributed by atoms with Crippen molar-refractivity contribution in [2.24, 2.45) is 0 Å². The Hall–Kier alpha value is -1.84. The molecule has 1 aromatic heterocycles. The van der Waals surface area contributed by atoms with Gasteiger partial charge in [0, 0.05) is 15.6 Å². The zero-order valence-electron chi connectivity index (χ0n) is 10.6. The minimum Gasteiger partial charge on any atom is -0.496 e. The standard InChI is InChI=1S/C16H14O2S/c1-18-15-6-5-11(10-17)9-14(15)12-3-2-4-16-13(12)7-8-19-16/h2-9,17H,10H2,1H3. The molecule has 3 heteroatoms. The molecule has 0 amide bonds. The van der Waals surface area contributed by atoms with E-state index < -0.39 is 0 Å². The molecule has 0 atom stereocenters. The summed E-state index contributed by atoms with van der Waals surface area (Å²) >= 11 is 1.73. The molecule has 1 heterocycles. The maximum atomic E-state index is 9.31. The molecule has 0 radical (unpaired) electrons. The predicted octanol–water partition coefficient (Wildman–Crippen LogP) is 4.07. The van der Waals surface area contributed by atoms with E-state index in [-0.39, 0.29) is 6.61 Å². The molecule has 0 aliphatic carbocycles. The summed E-state index contributed by atoms with van der Waals surface area (Å²) in [5.41, 5.74) is 3.06. The second kappa shape index (κ2) is 5.03. The third-order valence-electron chi connectivity index (χ3n) is 3.23. The zero-order valence-corrected chi connectivity index (χ0v) is 11.4. The lowest BCUT2D eigenvalue weighted by Crippen LogP contribution is -1.91. The topological polar surface area (TPSA) is 29.5 Å². The maximum Gasteiger partial charge on any atom is 0.126 e. The monoisotopic (exact) mass is 270 g/mol. The van der Waals surface area contributed by atoms with Crippen LogP contribution >= 0.6 is 11.3 Å². The highest BCUT2D eigenvalue weighted by Crippen LogP contribution is 2.37. The minimum atomic E-state index is 0.0383. The number of methoxy groups -OCH3 is 1. The number of thiophene rings is 1. The van der Waals surface area contributed by atoms with E-state index in [1.165, 1.54) is 10.1 Å². The van der Waals surface area contributed by atoms with Crippen LogP contribution in [0.25, 0.3) is 21.2 Å². The van der Waals surface area contributed by atoms with Crippen molar-refractivity contribution in [1.82, 2.24) is 0 Å². The molecule has 0 saturated carbocycles. The Morgan fingerprint density at radius 1 is 1.11 bits per heavy atom. The number of hydrogen-bond acceptors (Lipinski definition) is 3. The molecule has 0 unspecified atom stereocenters. The van der Waals surface area contributed by atoms with Crippen LogP contribution in [-0.2, 0) is 6.61 Å². The molecule has 0 saturated heterocycles. The molecule has 0 aliphatic heterocycles. The first kappa shape index (κ1) is 12.2. The van der Waals surface area contributed by atoms with Gasteiger partial charge in [-0.25, -0.2) is 0 Å². The molecule has 2 nitrogen and oxygen atoms in total. The van der Waals surface area contributed by atoms with Crippen molar-refractivity contribution in [2.45, 2.75) is 6.61 Å². The zero-order chi connectivity index (χ0) is 13.2. The van der Waals surface area contributed by atoms with E-state index in [0.29, 0.717) is 0 Å². The van der Waals surface area contributed by atoms with Crippen LogP contribution in [0.3, 0.4) is 0 Å². The van der Waals surface area contributed by atoms with Crippen molar-refractivity contribution >= 4 is 21.4 Å². The van der Waals surface area contributed by atoms with Gasteiger partial charge in [0.15, 0.2) is 0 Å². The van der Waals surface area contributed by atoms with Crippen LogP contribution < -0.4 is 4.74 Å². The van der Waals surface area contributed by atoms with E-state index in [9.17, 15) is 5.11 Å². The lowest BCUT2D eigenvalue weighted by atomic mass is 9.99. The van der Waals surface area contributed by atoms with E-state index in [1.807, 2.05) is 18.2 Å². The van der Waals surface area contributed by atoms with Crippen molar-refractivity contribution in [3.05, 3.63) is 53.4 Å². The summed E-state index contributed by atoms with van der Waals surface area (Å²) in [6, 6.07) is 14.2. The van der Waals surface area contributed by atoms with Gasteiger partial charge in [-0.2, -0.15) is 0 Å². The van der Waals surface area contributed by atoms with Gasteiger partial charge in [0.25, 0.3) is 0 Å². The molecule has 1 N–H and O–H groups in total. The molecule has 96 valence electrons. The van der Waals surface area contributed by atoms with Crippen LogP contribution in [0.1, 0.15) is 5.56 Å². The summed E-state index contributed by atoms with van der Waals surface area (Å²) in [6.45, 7) is 0.0383. The van der Waals surface area contributed by atoms with Crippen LogP contribution in [0.15, 0.2) is 47.8 Å². The van der Waals surface area contributed by atoms with Gasteiger partial charge in [-0.3, -0.25) is 0 Å². The molecule has 3 rings (SSSR count). The molecule has 19 heavy (non-hydrogen) atoms. The highest BCUT2D eigenvalue weighted by atomic mass is 32.1. The molecule has 0 fully saturated rings. The number of aliphatic hydroxyl groups is 1. The number of benzene rings is 2. The van der Waals surface area contributed by atoms with E-state index in [4.69, 9.17) is 4.74 Å². The van der Waals surface area contributed by atoms with Crippen LogP contribution in [0.2, 0.25) is 0 Å². The van der Waals surface area contributed by atoms with Crippen LogP contribution in [0, 0.1) is 0 Å². The summed E-state index contributed by atoms with van der Waals surface area (Å²) < 4.78 is 6.70. The summed E-state index contributed by atoms with van der Waals surface area (Å²) in [6.07, 6.45) is 0. The molecular weight excluding hydrogens is 256 g/mol. The Balaban J connectivity index is 2.28. The summed E-state index contributed by atoms with van der Waals surface area (Å²) in [7, 11) is 1.67. The fourth-order valence-electron chi connectivity index (χ4n) is 2.29. The Kier molecular flexibility index (Phi) is 3.23. The van der Waals surface area contributed by atoms with Gasteiger partial charge >= 0.3 is 0 Å². The summed E-state index contributed by atoms with van der Waals surface area (Å²) in [5.74, 6) is 0.830. The largest absolute Gasteiger partial charge is 0.496 e. The van der Waals surface area contributed by atoms with Crippen molar-refractivity contribution in [1.29, 1.82) is 0 Å². The fraction of sp³-hybridized carbons (Fsp3) is 0.125. The van der Waals surface area contributed by atoms with E-state index in [1.54, 1.807) is 18.4 Å². The van der Waals surface area contributed by atoms with E-state index in [0.717, 1.165) is 22.4 Å². The number of rotatable bonds is 3. The van der Waals surface area contributed by atoms with Gasteiger partial charge in [-0.15, -0.1) is 11.3 Å². The normalized spacial score (nSPS) is 10.8. The summed E-state index contributed by atoms with van der Waals surface area (Å²) in [5, 5.41) is 12.6. The lowest BCUT2D eigenvalue weighted by molar-refractivity contribution is 0.281. The quantitative estimate of drug-likeness (QED) is 0.777. The molecule has 0 bridgehead atoms. The predicted molar refractivity (Wildman–Crippen MR) is 79.7 cm³/mol. The van der Waals surface area contributed by atoms with Gasteiger partial charge < -0.3 is 9.84 Å². The Bertz CT molecular complexity index is 716. The fourth-order valence-corrected chi connectivity index (χ4v) is 3.11.